The van der Waals surface area contributed by atoms with Gasteiger partial charge in [-0.3, -0.25) is 14.6 Å². The Morgan fingerprint density at radius 3 is 2.74 bits per heavy atom. The predicted octanol–water partition coefficient (Wildman–Crippen LogP) is 3.26. The number of thioether (sulfide) groups is 1. The summed E-state index contributed by atoms with van der Waals surface area (Å²) in [6.07, 6.45) is 4.28. The fourth-order valence-corrected chi connectivity index (χ4v) is 3.24. The van der Waals surface area contributed by atoms with E-state index in [0.717, 1.165) is 16.7 Å². The summed E-state index contributed by atoms with van der Waals surface area (Å²) in [4.78, 5) is 29.8. The van der Waals surface area contributed by atoms with Gasteiger partial charge in [-0.1, -0.05) is 42.2 Å². The highest BCUT2D eigenvalue weighted by Gasteiger charge is 2.37. The Balaban J connectivity index is 1.92. The highest BCUT2D eigenvalue weighted by atomic mass is 32.2. The lowest BCUT2D eigenvalue weighted by atomic mass is 10.2. The van der Waals surface area contributed by atoms with E-state index in [9.17, 15) is 14.0 Å². The van der Waals surface area contributed by atoms with Crippen molar-refractivity contribution in [1.82, 2.24) is 9.88 Å². The van der Waals surface area contributed by atoms with Crippen molar-refractivity contribution in [2.45, 2.75) is 0 Å². The zero-order chi connectivity index (χ0) is 16.4. The molecule has 2 heterocycles. The van der Waals surface area contributed by atoms with Gasteiger partial charge in [-0.05, 0) is 24.3 Å². The topological polar surface area (TPSA) is 50.3 Å². The van der Waals surface area contributed by atoms with Gasteiger partial charge in [0.15, 0.2) is 4.32 Å². The number of halogens is 1. The second-order valence-corrected chi connectivity index (χ2v) is 6.26. The maximum atomic E-state index is 13.7. The van der Waals surface area contributed by atoms with E-state index in [1.54, 1.807) is 30.3 Å². The number of aromatic nitrogens is 1. The lowest BCUT2D eigenvalue weighted by Crippen LogP contribution is -2.34. The molecule has 1 aliphatic heterocycles. The molecular weight excluding hydrogens is 335 g/mol. The molecule has 7 heteroatoms. The maximum Gasteiger partial charge on any atom is 0.273 e. The van der Waals surface area contributed by atoms with Crippen LogP contribution in [-0.4, -0.2) is 26.0 Å². The number of thiocarbonyl (C=S) groups is 1. The molecule has 4 nitrogen and oxygen atoms in total. The van der Waals surface area contributed by atoms with Gasteiger partial charge >= 0.3 is 0 Å². The second-order valence-electron chi connectivity index (χ2n) is 4.59. The largest absolute Gasteiger partial charge is 0.273 e. The molecule has 3 rings (SSSR count). The highest BCUT2D eigenvalue weighted by Crippen LogP contribution is 2.33. The minimum absolute atomic E-state index is 0.117. The monoisotopic (exact) mass is 344 g/mol. The summed E-state index contributed by atoms with van der Waals surface area (Å²) in [5.41, 5.74) is 0.526. The van der Waals surface area contributed by atoms with E-state index in [2.05, 4.69) is 4.98 Å². The molecule has 0 atom stereocenters. The van der Waals surface area contributed by atoms with Crippen molar-refractivity contribution in [2.24, 2.45) is 0 Å². The molecule has 1 saturated heterocycles. The van der Waals surface area contributed by atoms with Gasteiger partial charge < -0.3 is 0 Å². The van der Waals surface area contributed by atoms with E-state index in [1.165, 1.54) is 24.5 Å². The number of pyridine rings is 1. The molecule has 23 heavy (non-hydrogen) atoms. The molecular formula is C16H9FN2O2S2. The normalized spacial score (nSPS) is 16.2. The van der Waals surface area contributed by atoms with E-state index >= 15 is 0 Å². The van der Waals surface area contributed by atoms with Crippen LogP contribution < -0.4 is 0 Å². The van der Waals surface area contributed by atoms with Crippen LogP contribution in [-0.2, 0) is 4.79 Å². The molecule has 1 aromatic heterocycles. The van der Waals surface area contributed by atoms with Crippen LogP contribution in [0.15, 0.2) is 53.7 Å². The summed E-state index contributed by atoms with van der Waals surface area (Å²) in [6.45, 7) is 0. The van der Waals surface area contributed by atoms with Crippen LogP contribution >= 0.6 is 24.0 Å². The number of imide groups is 1. The van der Waals surface area contributed by atoms with Crippen LogP contribution in [0.2, 0.25) is 0 Å². The first-order valence-electron chi connectivity index (χ1n) is 6.55. The summed E-state index contributed by atoms with van der Waals surface area (Å²) in [5, 5.41) is 0. The SMILES string of the molecule is O=C1/C(=C/c2ccccc2F)SC(=S)N1C(=O)c1cccnc1. The minimum Gasteiger partial charge on any atom is -0.268 e. The molecule has 0 unspecified atom stereocenters. The highest BCUT2D eigenvalue weighted by molar-refractivity contribution is 8.26. The van der Waals surface area contributed by atoms with Crippen molar-refractivity contribution in [3.05, 3.63) is 70.6 Å². The lowest BCUT2D eigenvalue weighted by molar-refractivity contribution is -0.120. The standard InChI is InChI=1S/C16H9FN2O2S2/c17-12-6-2-1-4-10(12)8-13-15(21)19(16(22)23-13)14(20)11-5-3-7-18-9-11/h1-9H/b13-8-. The Kier molecular flexibility index (Phi) is 4.31. The first-order chi connectivity index (χ1) is 11.1. The summed E-state index contributed by atoms with van der Waals surface area (Å²) in [6, 6.07) is 9.22. The maximum absolute atomic E-state index is 13.7. The summed E-state index contributed by atoms with van der Waals surface area (Å²) in [5.74, 6) is -1.55. The molecule has 114 valence electrons. The van der Waals surface area contributed by atoms with E-state index < -0.39 is 17.6 Å². The van der Waals surface area contributed by atoms with Crippen LogP contribution in [0.4, 0.5) is 4.39 Å². The first-order valence-corrected chi connectivity index (χ1v) is 7.77. The number of carbonyl (C=O) groups excluding carboxylic acids is 2. The number of amides is 2. The van der Waals surface area contributed by atoms with Gasteiger partial charge in [0.1, 0.15) is 5.82 Å². The fourth-order valence-electron chi connectivity index (χ4n) is 1.99. The van der Waals surface area contributed by atoms with Crippen LogP contribution in [0, 0.1) is 5.82 Å². The molecule has 0 radical (unpaired) electrons. The van der Waals surface area contributed by atoms with Gasteiger partial charge in [-0.2, -0.15) is 0 Å². The molecule has 2 aromatic rings. The zero-order valence-corrected chi connectivity index (χ0v) is 13.2. The van der Waals surface area contributed by atoms with Crippen LogP contribution in [0.3, 0.4) is 0 Å². The molecule has 0 aliphatic carbocycles. The number of rotatable bonds is 2. The Labute approximate surface area is 141 Å². The Morgan fingerprint density at radius 1 is 1.26 bits per heavy atom. The average molecular weight is 344 g/mol. The lowest BCUT2D eigenvalue weighted by Gasteiger charge is -2.11. The molecule has 0 saturated carbocycles. The van der Waals surface area contributed by atoms with Crippen LogP contribution in [0.5, 0.6) is 0 Å². The molecule has 0 bridgehead atoms. The van der Waals surface area contributed by atoms with Gasteiger partial charge in [0.25, 0.3) is 11.8 Å². The third-order valence-corrected chi connectivity index (χ3v) is 4.40. The van der Waals surface area contributed by atoms with Gasteiger partial charge in [-0.25, -0.2) is 9.29 Å². The quantitative estimate of drug-likeness (QED) is 0.475. The van der Waals surface area contributed by atoms with Crippen LogP contribution in [0.1, 0.15) is 15.9 Å². The summed E-state index contributed by atoms with van der Waals surface area (Å²) < 4.78 is 13.8. The van der Waals surface area contributed by atoms with Crippen molar-refractivity contribution in [2.75, 3.05) is 0 Å². The molecule has 2 amide bonds. The number of hydrogen-bond donors (Lipinski definition) is 0. The Morgan fingerprint density at radius 2 is 2.04 bits per heavy atom. The Bertz CT molecular complexity index is 837. The zero-order valence-electron chi connectivity index (χ0n) is 11.6. The average Bonchev–Trinajstić information content (AvgIpc) is 2.84. The summed E-state index contributed by atoms with van der Waals surface area (Å²) >= 11 is 6.08. The first kappa shape index (κ1) is 15.5. The molecule has 1 fully saturated rings. The molecule has 0 N–H and O–H groups in total. The Hall–Kier alpha value is -2.38. The van der Waals surface area contributed by atoms with Gasteiger partial charge in [0, 0.05) is 18.0 Å². The molecule has 1 aromatic carbocycles. The van der Waals surface area contributed by atoms with Gasteiger partial charge in [-0.15, -0.1) is 0 Å². The summed E-state index contributed by atoms with van der Waals surface area (Å²) in [7, 11) is 0. The predicted molar refractivity (Wildman–Crippen MR) is 90.0 cm³/mol. The number of hydrogen-bond acceptors (Lipinski definition) is 5. The van der Waals surface area contributed by atoms with Crippen LogP contribution in [0.25, 0.3) is 6.08 Å². The molecule has 1 aliphatic rings. The molecule has 0 spiro atoms. The second kappa shape index (κ2) is 6.39. The van der Waals surface area contributed by atoms with E-state index in [4.69, 9.17) is 12.2 Å². The van der Waals surface area contributed by atoms with Crippen molar-refractivity contribution in [3.8, 4) is 0 Å². The van der Waals surface area contributed by atoms with Crippen molar-refractivity contribution < 1.29 is 14.0 Å². The number of nitrogens with zero attached hydrogens (tertiary/aromatic N) is 2. The van der Waals surface area contributed by atoms with Crippen molar-refractivity contribution >= 4 is 46.2 Å². The smallest absolute Gasteiger partial charge is 0.268 e. The van der Waals surface area contributed by atoms with E-state index in [0.29, 0.717) is 0 Å². The third-order valence-electron chi connectivity index (χ3n) is 3.10. The van der Waals surface area contributed by atoms with Crippen molar-refractivity contribution in [3.63, 3.8) is 0 Å². The number of carbonyl (C=O) groups is 2. The number of benzene rings is 1. The van der Waals surface area contributed by atoms with Gasteiger partial charge in [0.2, 0.25) is 0 Å². The fraction of sp³-hybridized carbons (Fsp3) is 0. The van der Waals surface area contributed by atoms with E-state index in [-0.39, 0.29) is 20.4 Å². The van der Waals surface area contributed by atoms with Gasteiger partial charge in [0.05, 0.1) is 10.5 Å². The minimum atomic E-state index is -0.558. The third kappa shape index (κ3) is 3.06. The van der Waals surface area contributed by atoms with E-state index in [1.807, 2.05) is 0 Å². The van der Waals surface area contributed by atoms with Crippen molar-refractivity contribution in [1.29, 1.82) is 0 Å².